The van der Waals surface area contributed by atoms with Crippen LogP contribution in [0.15, 0.2) is 16.9 Å². The molecule has 38 heavy (non-hydrogen) atoms. The largest absolute Gasteiger partial charge is 0.458 e. The van der Waals surface area contributed by atoms with E-state index >= 15 is 0 Å². The number of carbonyl (C=O) groups excluding carboxylic acids is 1. The van der Waals surface area contributed by atoms with Crippen molar-refractivity contribution in [2.75, 3.05) is 6.26 Å². The van der Waals surface area contributed by atoms with Gasteiger partial charge < -0.3 is 25.3 Å². The van der Waals surface area contributed by atoms with Gasteiger partial charge in [0.25, 0.3) is 15.7 Å². The van der Waals surface area contributed by atoms with Gasteiger partial charge in [-0.3, -0.25) is 9.35 Å². The summed E-state index contributed by atoms with van der Waals surface area (Å²) < 4.78 is 47.3. The highest BCUT2D eigenvalue weighted by Gasteiger charge is 2.45. The van der Waals surface area contributed by atoms with Crippen LogP contribution in [0, 0.1) is 5.82 Å². The Kier molecular flexibility index (Phi) is 6.19. The quantitative estimate of drug-likeness (QED) is 0.210. The highest BCUT2D eigenvalue weighted by molar-refractivity contribution is 7.85. The van der Waals surface area contributed by atoms with Crippen molar-refractivity contribution >= 4 is 27.0 Å². The van der Waals surface area contributed by atoms with Crippen molar-refractivity contribution in [3.63, 3.8) is 0 Å². The Labute approximate surface area is 216 Å². The summed E-state index contributed by atoms with van der Waals surface area (Å²) >= 11 is 0. The average Bonchev–Trinajstić information content (AvgIpc) is 3.21. The lowest BCUT2D eigenvalue weighted by Crippen LogP contribution is -2.44. The number of aliphatic hydroxyl groups excluding tert-OH is 1. The molecule has 13 heteroatoms. The monoisotopic (exact) mass is 547 g/mol. The van der Waals surface area contributed by atoms with E-state index in [1.54, 1.807) is 17.6 Å². The minimum absolute atomic E-state index is 0.0500. The Morgan fingerprint density at radius 1 is 1.26 bits per heavy atom. The predicted molar refractivity (Wildman–Crippen MR) is 133 cm³/mol. The molecule has 2 aromatic heterocycles. The number of halogens is 1. The number of fused-ring (bicyclic) bond motifs is 5. The third-order valence-corrected chi connectivity index (χ3v) is 7.42. The zero-order valence-electron chi connectivity index (χ0n) is 20.6. The molecule has 3 aliphatic rings. The summed E-state index contributed by atoms with van der Waals surface area (Å²) in [6, 6.07) is 2.60. The maximum Gasteiger partial charge on any atom is 0.343 e. The smallest absolute Gasteiger partial charge is 0.343 e. The summed E-state index contributed by atoms with van der Waals surface area (Å²) in [4.78, 5) is 30.5. The highest BCUT2D eigenvalue weighted by atomic mass is 32.2. The van der Waals surface area contributed by atoms with Crippen molar-refractivity contribution in [3.05, 3.63) is 61.7 Å². The Morgan fingerprint density at radius 2 is 1.95 bits per heavy atom. The lowest BCUT2D eigenvalue weighted by molar-refractivity contribution is -0.172. The van der Waals surface area contributed by atoms with E-state index in [0.717, 1.165) is 16.5 Å². The van der Waals surface area contributed by atoms with Crippen LogP contribution in [0.25, 0.3) is 22.3 Å². The standard InChI is InChI=1S/C24H22FN3O5.CH4O3S/c1-2-24(32)14-5-18-21-11(7-28(18)22(30)13(14)9-33-23(24)31)19-16(26)4-3-10-12(8-29)15(25)6-17(27-21)20(10)19;1-5(2,3)4/h5-6,16,29,32H,2-4,7-9,26H2,1H3;1H3,(H,2,3,4)/t16-,24-;/m0./s1. The van der Waals surface area contributed by atoms with Gasteiger partial charge in [-0.05, 0) is 36.5 Å². The number of carbonyl (C=O) groups is 1. The number of benzene rings is 1. The van der Waals surface area contributed by atoms with Gasteiger partial charge in [0.05, 0.1) is 41.9 Å². The molecule has 0 saturated carbocycles. The van der Waals surface area contributed by atoms with Crippen molar-refractivity contribution in [1.29, 1.82) is 0 Å². The van der Waals surface area contributed by atoms with Gasteiger partial charge in [0.1, 0.15) is 12.4 Å². The van der Waals surface area contributed by atoms with Crippen LogP contribution in [0.4, 0.5) is 4.39 Å². The van der Waals surface area contributed by atoms with Crippen LogP contribution >= 0.6 is 0 Å². The number of pyridine rings is 2. The first-order valence-corrected chi connectivity index (χ1v) is 13.8. The topological polar surface area (TPSA) is 182 Å². The summed E-state index contributed by atoms with van der Waals surface area (Å²) in [6.07, 6.45) is 1.87. The number of nitrogens with two attached hydrogens (primary N) is 1. The number of hydrogen-bond donors (Lipinski definition) is 4. The van der Waals surface area contributed by atoms with Crippen LogP contribution in [0.5, 0.6) is 0 Å². The summed E-state index contributed by atoms with van der Waals surface area (Å²) in [5.41, 5.74) is 8.62. The molecule has 0 radical (unpaired) electrons. The first-order chi connectivity index (χ1) is 17.8. The summed E-state index contributed by atoms with van der Waals surface area (Å²) in [5, 5.41) is 21.5. The SMILES string of the molecule is CC[C@@]1(O)C(=O)OCc2c1cc1n(c2=O)Cc2c-1nc1cc(F)c(CO)c3c1c2[C@@H](N)CC3.CS(=O)(=O)O. The fraction of sp³-hybridized carbons (Fsp3) is 0.400. The van der Waals surface area contributed by atoms with Crippen LogP contribution in [0.2, 0.25) is 0 Å². The predicted octanol–water partition coefficient (Wildman–Crippen LogP) is 1.16. The van der Waals surface area contributed by atoms with E-state index in [9.17, 15) is 32.6 Å². The van der Waals surface area contributed by atoms with Crippen LogP contribution < -0.4 is 11.3 Å². The Hall–Kier alpha value is -3.23. The van der Waals surface area contributed by atoms with E-state index in [1.807, 2.05) is 0 Å². The molecule has 0 fully saturated rings. The Balaban J connectivity index is 0.000000540. The second-order valence-corrected chi connectivity index (χ2v) is 11.2. The molecule has 0 amide bonds. The van der Waals surface area contributed by atoms with Gasteiger partial charge in [-0.1, -0.05) is 6.92 Å². The molecule has 2 atom stereocenters. The minimum atomic E-state index is -3.67. The van der Waals surface area contributed by atoms with Crippen LogP contribution in [0.3, 0.4) is 0 Å². The van der Waals surface area contributed by atoms with Crippen LogP contribution in [0.1, 0.15) is 59.2 Å². The van der Waals surface area contributed by atoms with Gasteiger partial charge in [0, 0.05) is 34.2 Å². The van der Waals surface area contributed by atoms with E-state index in [2.05, 4.69) is 0 Å². The van der Waals surface area contributed by atoms with E-state index in [-0.39, 0.29) is 47.9 Å². The third-order valence-electron chi connectivity index (χ3n) is 7.42. The van der Waals surface area contributed by atoms with E-state index in [1.165, 1.54) is 6.07 Å². The second kappa shape index (κ2) is 8.92. The van der Waals surface area contributed by atoms with E-state index in [4.69, 9.17) is 20.0 Å². The highest BCUT2D eigenvalue weighted by Crippen LogP contribution is 2.45. The molecule has 1 aliphatic carbocycles. The fourth-order valence-electron chi connectivity index (χ4n) is 5.67. The molecule has 0 unspecified atom stereocenters. The minimum Gasteiger partial charge on any atom is -0.458 e. The molecule has 1 aromatic carbocycles. The molecule has 6 rings (SSSR count). The Morgan fingerprint density at radius 3 is 2.58 bits per heavy atom. The molecule has 202 valence electrons. The molecule has 3 aromatic rings. The fourth-order valence-corrected chi connectivity index (χ4v) is 5.67. The molecule has 5 N–H and O–H groups in total. The van der Waals surface area contributed by atoms with Gasteiger partial charge >= 0.3 is 5.97 Å². The van der Waals surface area contributed by atoms with Crippen molar-refractivity contribution in [1.82, 2.24) is 9.55 Å². The lowest BCUT2D eigenvalue weighted by atomic mass is 9.82. The molecular weight excluding hydrogens is 521 g/mol. The summed E-state index contributed by atoms with van der Waals surface area (Å²) in [7, 11) is -3.67. The van der Waals surface area contributed by atoms with Crippen molar-refractivity contribution in [3.8, 4) is 11.4 Å². The van der Waals surface area contributed by atoms with Crippen molar-refractivity contribution in [2.45, 2.75) is 57.6 Å². The average molecular weight is 548 g/mol. The van der Waals surface area contributed by atoms with E-state index < -0.39 is 34.1 Å². The second-order valence-electron chi connectivity index (χ2n) is 9.70. The van der Waals surface area contributed by atoms with Crippen LogP contribution in [-0.2, 0) is 51.4 Å². The number of esters is 1. The Bertz CT molecular complexity index is 1690. The van der Waals surface area contributed by atoms with Gasteiger partial charge in [0.2, 0.25) is 0 Å². The van der Waals surface area contributed by atoms with Gasteiger partial charge in [0.15, 0.2) is 5.60 Å². The number of hydrogen-bond acceptors (Lipinski definition) is 9. The molecule has 0 bridgehead atoms. The molecule has 0 spiro atoms. The van der Waals surface area contributed by atoms with E-state index in [0.29, 0.717) is 41.6 Å². The van der Waals surface area contributed by atoms with Gasteiger partial charge in [-0.2, -0.15) is 8.42 Å². The first kappa shape index (κ1) is 26.4. The molecule has 2 aliphatic heterocycles. The number of rotatable bonds is 2. The zero-order valence-corrected chi connectivity index (χ0v) is 21.4. The van der Waals surface area contributed by atoms with Gasteiger partial charge in [-0.25, -0.2) is 14.2 Å². The van der Waals surface area contributed by atoms with Crippen molar-refractivity contribution < 1.29 is 37.1 Å². The molecule has 11 nitrogen and oxygen atoms in total. The lowest BCUT2D eigenvalue weighted by Gasteiger charge is -2.31. The van der Waals surface area contributed by atoms with Crippen LogP contribution in [-0.4, -0.2) is 45.0 Å². The summed E-state index contributed by atoms with van der Waals surface area (Å²) in [6.45, 7) is 1.25. The van der Waals surface area contributed by atoms with Gasteiger partial charge in [-0.15, -0.1) is 0 Å². The number of nitrogens with zero attached hydrogens (tertiary/aromatic N) is 2. The first-order valence-electron chi connectivity index (χ1n) is 11.9. The number of ether oxygens (including phenoxy) is 1. The molecular formula is C25H26FN3O8S. The maximum absolute atomic E-state index is 14.8. The maximum atomic E-state index is 14.8. The number of cyclic esters (lactones) is 1. The van der Waals surface area contributed by atoms with Crippen molar-refractivity contribution in [2.24, 2.45) is 5.73 Å². The molecule has 4 heterocycles. The normalized spacial score (nSPS) is 21.2. The number of aromatic nitrogens is 2. The zero-order chi connectivity index (χ0) is 27.7. The third kappa shape index (κ3) is 3.93. The number of aryl methyl sites for hydroxylation is 1. The summed E-state index contributed by atoms with van der Waals surface area (Å²) in [5.74, 6) is -1.32. The number of aliphatic hydroxyl groups is 2. The molecule has 0 saturated heterocycles.